The number of primary amides is 1. The van der Waals surface area contributed by atoms with Crippen LogP contribution in [0.15, 0.2) is 29.8 Å². The highest BCUT2D eigenvalue weighted by Gasteiger charge is 2.18. The maximum Gasteiger partial charge on any atom is 0.334 e. The summed E-state index contributed by atoms with van der Waals surface area (Å²) >= 11 is 0. The van der Waals surface area contributed by atoms with Crippen molar-refractivity contribution in [2.45, 2.75) is 6.42 Å². The van der Waals surface area contributed by atoms with Gasteiger partial charge in [-0.25, -0.2) is 4.79 Å². The average Bonchev–Trinajstić information content (AvgIpc) is 2.65. The van der Waals surface area contributed by atoms with Crippen molar-refractivity contribution < 1.29 is 14.3 Å². The number of carbonyl (C=O) groups excluding carboxylic acids is 2. The molecule has 1 heterocycles. The van der Waals surface area contributed by atoms with Crippen LogP contribution in [-0.4, -0.2) is 18.5 Å². The summed E-state index contributed by atoms with van der Waals surface area (Å²) in [4.78, 5) is 22.0. The van der Waals surface area contributed by atoms with Gasteiger partial charge in [-0.1, -0.05) is 12.1 Å². The van der Waals surface area contributed by atoms with Crippen LogP contribution >= 0.6 is 0 Å². The number of hydrogen-bond donors (Lipinski definition) is 1. The van der Waals surface area contributed by atoms with Gasteiger partial charge >= 0.3 is 5.97 Å². The van der Waals surface area contributed by atoms with Crippen LogP contribution in [0.4, 0.5) is 0 Å². The molecule has 1 amide bonds. The van der Waals surface area contributed by atoms with Crippen LogP contribution in [0.3, 0.4) is 0 Å². The van der Waals surface area contributed by atoms with Crippen molar-refractivity contribution in [3.8, 4) is 0 Å². The SMILES string of the molecule is NC(=O)c1ccc(C=C2CCOC2=O)cc1. The molecule has 0 aromatic heterocycles. The molecule has 1 fully saturated rings. The Labute approximate surface area is 92.7 Å². The molecule has 1 saturated heterocycles. The van der Waals surface area contributed by atoms with Crippen molar-refractivity contribution in [3.63, 3.8) is 0 Å². The first-order valence-electron chi connectivity index (χ1n) is 4.94. The molecule has 1 aromatic carbocycles. The number of cyclic esters (lactones) is 1. The van der Waals surface area contributed by atoms with E-state index < -0.39 is 5.91 Å². The maximum atomic E-state index is 11.2. The Morgan fingerprint density at radius 3 is 2.50 bits per heavy atom. The van der Waals surface area contributed by atoms with Crippen LogP contribution in [0, 0.1) is 0 Å². The number of ether oxygens (including phenoxy) is 1. The molecular weight excluding hydrogens is 206 g/mol. The largest absolute Gasteiger partial charge is 0.462 e. The number of hydrogen-bond acceptors (Lipinski definition) is 3. The number of benzene rings is 1. The van der Waals surface area contributed by atoms with E-state index in [0.717, 1.165) is 5.56 Å². The molecule has 1 aromatic rings. The molecule has 0 atom stereocenters. The Kier molecular flexibility index (Phi) is 2.72. The standard InChI is InChI=1S/C12H11NO3/c13-11(14)9-3-1-8(2-4-9)7-10-5-6-16-12(10)15/h1-4,7H,5-6H2,(H2,13,14). The molecule has 0 unspecified atom stereocenters. The van der Waals surface area contributed by atoms with Gasteiger partial charge in [-0.15, -0.1) is 0 Å². The number of nitrogens with two attached hydrogens (primary N) is 1. The minimum Gasteiger partial charge on any atom is -0.462 e. The lowest BCUT2D eigenvalue weighted by Crippen LogP contribution is -2.10. The molecule has 4 nitrogen and oxygen atoms in total. The van der Waals surface area contributed by atoms with Gasteiger partial charge in [0.25, 0.3) is 0 Å². The summed E-state index contributed by atoms with van der Waals surface area (Å²) in [7, 11) is 0. The van der Waals surface area contributed by atoms with Crippen LogP contribution in [0.2, 0.25) is 0 Å². The monoisotopic (exact) mass is 217 g/mol. The van der Waals surface area contributed by atoms with Crippen molar-refractivity contribution >= 4 is 18.0 Å². The molecule has 0 saturated carbocycles. The zero-order valence-electron chi connectivity index (χ0n) is 8.60. The highest BCUT2D eigenvalue weighted by molar-refractivity contribution is 5.96. The molecule has 0 radical (unpaired) electrons. The first kappa shape index (κ1) is 10.4. The first-order chi connectivity index (χ1) is 7.66. The lowest BCUT2D eigenvalue weighted by Gasteiger charge is -1.97. The van der Waals surface area contributed by atoms with Crippen LogP contribution in [0.25, 0.3) is 6.08 Å². The minimum atomic E-state index is -0.459. The average molecular weight is 217 g/mol. The normalized spacial score (nSPS) is 17.5. The summed E-state index contributed by atoms with van der Waals surface area (Å²) in [5, 5.41) is 0. The van der Waals surface area contributed by atoms with Crippen molar-refractivity contribution in [1.82, 2.24) is 0 Å². The fourth-order valence-corrected chi connectivity index (χ4v) is 1.52. The minimum absolute atomic E-state index is 0.265. The summed E-state index contributed by atoms with van der Waals surface area (Å²) in [6.45, 7) is 0.448. The Balaban J connectivity index is 2.22. The van der Waals surface area contributed by atoms with E-state index in [4.69, 9.17) is 10.5 Å². The van der Waals surface area contributed by atoms with Gasteiger partial charge in [-0.05, 0) is 23.8 Å². The number of amides is 1. The Morgan fingerprint density at radius 2 is 2.00 bits per heavy atom. The van der Waals surface area contributed by atoms with Gasteiger partial charge in [0.1, 0.15) is 0 Å². The third-order valence-electron chi connectivity index (χ3n) is 2.40. The van der Waals surface area contributed by atoms with E-state index in [1.54, 1.807) is 30.3 Å². The summed E-state index contributed by atoms with van der Waals surface area (Å²) in [5.74, 6) is -0.724. The van der Waals surface area contributed by atoms with Crippen molar-refractivity contribution in [3.05, 3.63) is 41.0 Å². The quantitative estimate of drug-likeness (QED) is 0.596. The lowest BCUT2D eigenvalue weighted by molar-refractivity contribution is -0.134. The van der Waals surface area contributed by atoms with Crippen molar-refractivity contribution in [1.29, 1.82) is 0 Å². The van der Waals surface area contributed by atoms with Gasteiger partial charge < -0.3 is 10.5 Å². The molecule has 16 heavy (non-hydrogen) atoms. The van der Waals surface area contributed by atoms with Gasteiger partial charge in [0.2, 0.25) is 5.91 Å². The Morgan fingerprint density at radius 1 is 1.31 bits per heavy atom. The second kappa shape index (κ2) is 4.18. The summed E-state index contributed by atoms with van der Waals surface area (Å²) in [5.41, 5.74) is 7.09. The Hall–Kier alpha value is -2.10. The molecule has 1 aliphatic rings. The van der Waals surface area contributed by atoms with E-state index >= 15 is 0 Å². The van der Waals surface area contributed by atoms with Crippen LogP contribution in [0.5, 0.6) is 0 Å². The maximum absolute atomic E-state index is 11.2. The molecular formula is C12H11NO3. The molecule has 0 bridgehead atoms. The predicted molar refractivity (Wildman–Crippen MR) is 58.5 cm³/mol. The smallest absolute Gasteiger partial charge is 0.334 e. The van der Waals surface area contributed by atoms with E-state index in [2.05, 4.69) is 0 Å². The fraction of sp³-hybridized carbons (Fsp3) is 0.167. The molecule has 2 N–H and O–H groups in total. The van der Waals surface area contributed by atoms with E-state index in [9.17, 15) is 9.59 Å². The topological polar surface area (TPSA) is 69.4 Å². The summed E-state index contributed by atoms with van der Waals surface area (Å²) < 4.78 is 4.82. The first-order valence-corrected chi connectivity index (χ1v) is 4.94. The molecule has 4 heteroatoms. The second-order valence-corrected chi connectivity index (χ2v) is 3.54. The summed E-state index contributed by atoms with van der Waals surface area (Å²) in [6.07, 6.45) is 2.40. The third-order valence-corrected chi connectivity index (χ3v) is 2.40. The fourth-order valence-electron chi connectivity index (χ4n) is 1.52. The van der Waals surface area contributed by atoms with Gasteiger partial charge in [-0.3, -0.25) is 4.79 Å². The van der Waals surface area contributed by atoms with Crippen LogP contribution in [0.1, 0.15) is 22.3 Å². The molecule has 2 rings (SSSR count). The zero-order valence-corrected chi connectivity index (χ0v) is 8.60. The predicted octanol–water partition coefficient (Wildman–Crippen LogP) is 1.12. The Bertz CT molecular complexity index is 460. The number of esters is 1. The zero-order chi connectivity index (χ0) is 11.5. The molecule has 1 aliphatic heterocycles. The highest BCUT2D eigenvalue weighted by Crippen LogP contribution is 2.17. The van der Waals surface area contributed by atoms with Gasteiger partial charge in [0.15, 0.2) is 0 Å². The van der Waals surface area contributed by atoms with Crippen LogP contribution in [-0.2, 0) is 9.53 Å². The highest BCUT2D eigenvalue weighted by atomic mass is 16.5. The third kappa shape index (κ3) is 2.11. The van der Waals surface area contributed by atoms with E-state index in [-0.39, 0.29) is 5.97 Å². The number of carbonyl (C=O) groups is 2. The van der Waals surface area contributed by atoms with Crippen molar-refractivity contribution in [2.24, 2.45) is 5.73 Å². The molecule has 0 spiro atoms. The van der Waals surface area contributed by atoms with Crippen LogP contribution < -0.4 is 5.73 Å². The second-order valence-electron chi connectivity index (χ2n) is 3.54. The van der Waals surface area contributed by atoms with E-state index in [1.165, 1.54) is 0 Å². The molecule has 82 valence electrons. The van der Waals surface area contributed by atoms with Gasteiger partial charge in [0, 0.05) is 17.6 Å². The summed E-state index contributed by atoms with van der Waals surface area (Å²) in [6, 6.07) is 6.77. The van der Waals surface area contributed by atoms with Gasteiger partial charge in [0.05, 0.1) is 6.61 Å². The van der Waals surface area contributed by atoms with Gasteiger partial charge in [-0.2, -0.15) is 0 Å². The lowest BCUT2D eigenvalue weighted by atomic mass is 10.1. The van der Waals surface area contributed by atoms with E-state index in [0.29, 0.717) is 24.2 Å². The van der Waals surface area contributed by atoms with E-state index in [1.807, 2.05) is 0 Å². The van der Waals surface area contributed by atoms with Crippen molar-refractivity contribution in [2.75, 3.05) is 6.61 Å². The molecule has 0 aliphatic carbocycles. The number of rotatable bonds is 2.